The van der Waals surface area contributed by atoms with Crippen molar-refractivity contribution in [1.82, 2.24) is 0 Å². The first-order valence-corrected chi connectivity index (χ1v) is 7.94. The molecule has 1 aromatic rings. The van der Waals surface area contributed by atoms with Crippen molar-refractivity contribution < 1.29 is 13.5 Å². The summed E-state index contributed by atoms with van der Waals surface area (Å²) in [5.41, 5.74) is 1.45. The maximum absolute atomic E-state index is 12.0. The van der Waals surface area contributed by atoms with Crippen molar-refractivity contribution >= 4 is 15.7 Å². The van der Waals surface area contributed by atoms with Gasteiger partial charge in [-0.15, -0.1) is 0 Å². The predicted molar refractivity (Wildman–Crippen MR) is 75.4 cm³/mol. The van der Waals surface area contributed by atoms with Crippen molar-refractivity contribution in [2.75, 3.05) is 23.2 Å². The van der Waals surface area contributed by atoms with Gasteiger partial charge in [-0.2, -0.15) is 0 Å². The summed E-state index contributed by atoms with van der Waals surface area (Å²) in [5, 5.41) is 8.68. The lowest BCUT2D eigenvalue weighted by Gasteiger charge is -2.28. The van der Waals surface area contributed by atoms with Crippen molar-refractivity contribution in [2.24, 2.45) is 0 Å². The van der Waals surface area contributed by atoms with E-state index in [1.807, 2.05) is 12.1 Å². The summed E-state index contributed by atoms with van der Waals surface area (Å²) in [4.78, 5) is 0. The highest BCUT2D eigenvalue weighted by Crippen LogP contribution is 2.23. The summed E-state index contributed by atoms with van der Waals surface area (Å²) < 4.78 is 25.5. The van der Waals surface area contributed by atoms with E-state index >= 15 is 0 Å². The third kappa shape index (κ3) is 3.49. The Bertz CT molecular complexity index is 599. The zero-order chi connectivity index (χ0) is 13.7. The van der Waals surface area contributed by atoms with Crippen LogP contribution in [0.2, 0.25) is 0 Å². The van der Waals surface area contributed by atoms with Gasteiger partial charge in [-0.25, -0.2) is 8.42 Å². The molecule has 1 aromatic carbocycles. The molecular weight excluding hydrogens is 262 g/mol. The van der Waals surface area contributed by atoms with Crippen LogP contribution in [0.25, 0.3) is 0 Å². The molecule has 0 spiro atoms. The maximum atomic E-state index is 12.0. The van der Waals surface area contributed by atoms with Crippen LogP contribution in [0.4, 0.5) is 5.69 Å². The van der Waals surface area contributed by atoms with Crippen LogP contribution in [0, 0.1) is 11.8 Å². The number of hydrogen-bond acceptors (Lipinski definition) is 3. The van der Waals surface area contributed by atoms with Crippen molar-refractivity contribution in [1.29, 1.82) is 0 Å². The van der Waals surface area contributed by atoms with E-state index in [9.17, 15) is 8.42 Å². The van der Waals surface area contributed by atoms with Crippen LogP contribution in [-0.4, -0.2) is 32.4 Å². The van der Waals surface area contributed by atoms with Gasteiger partial charge in [-0.05, 0) is 31.0 Å². The minimum Gasteiger partial charge on any atom is -0.395 e. The molecule has 1 N–H and O–H groups in total. The number of anilines is 1. The summed E-state index contributed by atoms with van der Waals surface area (Å²) >= 11 is 0. The van der Waals surface area contributed by atoms with Crippen LogP contribution >= 0.6 is 0 Å². The molecule has 0 saturated carbocycles. The summed E-state index contributed by atoms with van der Waals surface area (Å²) in [5.74, 6) is 5.97. The normalized spacial score (nSPS) is 17.6. The fourth-order valence-corrected chi connectivity index (χ4v) is 3.67. The second-order valence-electron chi connectivity index (χ2n) is 4.42. The molecule has 1 saturated heterocycles. The lowest BCUT2D eigenvalue weighted by Crippen LogP contribution is -2.37. The molecule has 1 aliphatic rings. The van der Waals surface area contributed by atoms with Gasteiger partial charge in [0, 0.05) is 18.5 Å². The Kier molecular flexibility index (Phi) is 4.46. The first-order chi connectivity index (χ1) is 9.13. The highest BCUT2D eigenvalue weighted by molar-refractivity contribution is 7.92. The molecule has 0 unspecified atom stereocenters. The summed E-state index contributed by atoms with van der Waals surface area (Å²) in [7, 11) is -3.17. The van der Waals surface area contributed by atoms with Gasteiger partial charge in [0.2, 0.25) is 10.0 Å². The van der Waals surface area contributed by atoms with E-state index in [1.54, 1.807) is 12.1 Å². The largest absolute Gasteiger partial charge is 0.395 e. The number of sulfonamides is 1. The van der Waals surface area contributed by atoms with Crippen LogP contribution in [0.15, 0.2) is 24.3 Å². The third-order valence-electron chi connectivity index (χ3n) is 2.95. The third-order valence-corrected chi connectivity index (χ3v) is 4.82. The molecule has 1 aliphatic heterocycles. The Balaban J connectivity index is 2.26. The zero-order valence-corrected chi connectivity index (χ0v) is 11.5. The van der Waals surface area contributed by atoms with Crippen LogP contribution in [0.3, 0.4) is 0 Å². The first kappa shape index (κ1) is 13.9. The van der Waals surface area contributed by atoms with Crippen LogP contribution in [0.1, 0.15) is 24.8 Å². The first-order valence-electron chi connectivity index (χ1n) is 6.34. The van der Waals surface area contributed by atoms with Crippen molar-refractivity contribution in [3.63, 3.8) is 0 Å². The second-order valence-corrected chi connectivity index (χ2v) is 6.43. The Labute approximate surface area is 114 Å². The lowest BCUT2D eigenvalue weighted by atomic mass is 10.2. The second kappa shape index (κ2) is 6.09. The van der Waals surface area contributed by atoms with Crippen LogP contribution in [0.5, 0.6) is 0 Å². The molecule has 2 rings (SSSR count). The van der Waals surface area contributed by atoms with Gasteiger partial charge in [-0.3, -0.25) is 4.31 Å². The molecule has 0 radical (unpaired) electrons. The molecular formula is C14H17NO3S. The summed E-state index contributed by atoms with van der Waals surface area (Å²) in [6, 6.07) is 7.22. The van der Waals surface area contributed by atoms with Gasteiger partial charge in [0.25, 0.3) is 0 Å². The van der Waals surface area contributed by atoms with E-state index in [0.29, 0.717) is 18.7 Å². The van der Waals surface area contributed by atoms with Crippen molar-refractivity contribution in [3.8, 4) is 11.8 Å². The van der Waals surface area contributed by atoms with Gasteiger partial charge < -0.3 is 5.11 Å². The molecule has 5 heteroatoms. The average Bonchev–Trinajstić information content (AvgIpc) is 2.39. The molecule has 0 aromatic heterocycles. The minimum absolute atomic E-state index is 0.0349. The molecule has 4 nitrogen and oxygen atoms in total. The Morgan fingerprint density at radius 2 is 2.16 bits per heavy atom. The molecule has 0 bridgehead atoms. The van der Waals surface area contributed by atoms with Crippen LogP contribution < -0.4 is 4.31 Å². The van der Waals surface area contributed by atoms with Crippen LogP contribution in [-0.2, 0) is 10.0 Å². The topological polar surface area (TPSA) is 57.6 Å². The number of benzene rings is 1. The Hall–Kier alpha value is -1.51. The molecule has 19 heavy (non-hydrogen) atoms. The van der Waals surface area contributed by atoms with Gasteiger partial charge in [-0.1, -0.05) is 17.9 Å². The van der Waals surface area contributed by atoms with Gasteiger partial charge >= 0.3 is 0 Å². The number of rotatable bonds is 2. The highest BCUT2D eigenvalue weighted by atomic mass is 32.2. The molecule has 0 aliphatic carbocycles. The standard InChI is InChI=1S/C14H17NO3S/c16-10-3-1-6-13-7-5-8-14(12-13)15-9-2-4-11-19(15,17)18/h5,7-8,12,16H,2-4,9-11H2. The minimum atomic E-state index is -3.17. The fourth-order valence-electron chi connectivity index (χ4n) is 2.04. The number of nitrogens with zero attached hydrogens (tertiary/aromatic N) is 1. The lowest BCUT2D eigenvalue weighted by molar-refractivity contribution is 0.305. The Morgan fingerprint density at radius 3 is 2.89 bits per heavy atom. The number of hydrogen-bond donors (Lipinski definition) is 1. The zero-order valence-electron chi connectivity index (χ0n) is 10.7. The van der Waals surface area contributed by atoms with E-state index < -0.39 is 10.0 Å². The van der Waals surface area contributed by atoms with Gasteiger partial charge in [0.15, 0.2) is 0 Å². The molecule has 1 heterocycles. The Morgan fingerprint density at radius 1 is 1.32 bits per heavy atom. The molecule has 1 fully saturated rings. The summed E-state index contributed by atoms with van der Waals surface area (Å²) in [6.07, 6.45) is 2.04. The highest BCUT2D eigenvalue weighted by Gasteiger charge is 2.25. The van der Waals surface area contributed by atoms with Crippen molar-refractivity contribution in [3.05, 3.63) is 29.8 Å². The molecule has 0 atom stereocenters. The monoisotopic (exact) mass is 279 g/mol. The number of aliphatic hydroxyl groups is 1. The molecule has 102 valence electrons. The maximum Gasteiger partial charge on any atom is 0.235 e. The predicted octanol–water partition coefficient (Wildman–Crippen LogP) is 1.35. The quantitative estimate of drug-likeness (QED) is 0.831. The molecule has 0 amide bonds. The van der Waals surface area contributed by atoms with E-state index in [-0.39, 0.29) is 12.4 Å². The van der Waals surface area contributed by atoms with E-state index in [4.69, 9.17) is 5.11 Å². The SMILES string of the molecule is O=S1(=O)CCCCN1c1cccc(C#CCCO)c1. The van der Waals surface area contributed by atoms with Crippen molar-refractivity contribution in [2.45, 2.75) is 19.3 Å². The van der Waals surface area contributed by atoms with Gasteiger partial charge in [0.05, 0.1) is 18.0 Å². The van der Waals surface area contributed by atoms with Gasteiger partial charge in [0.1, 0.15) is 0 Å². The van der Waals surface area contributed by atoms with E-state index in [1.165, 1.54) is 4.31 Å². The summed E-state index contributed by atoms with van der Waals surface area (Å²) in [6.45, 7) is 0.572. The number of aliphatic hydroxyl groups excluding tert-OH is 1. The average molecular weight is 279 g/mol. The van der Waals surface area contributed by atoms with E-state index in [0.717, 1.165) is 18.4 Å². The smallest absolute Gasteiger partial charge is 0.235 e. The van der Waals surface area contributed by atoms with E-state index in [2.05, 4.69) is 11.8 Å². The fraction of sp³-hybridized carbons (Fsp3) is 0.429.